The van der Waals surface area contributed by atoms with Crippen molar-refractivity contribution < 1.29 is 4.74 Å². The molecule has 1 aromatic carbocycles. The van der Waals surface area contributed by atoms with Crippen molar-refractivity contribution in [2.24, 2.45) is 0 Å². The van der Waals surface area contributed by atoms with Gasteiger partial charge in [0.15, 0.2) is 0 Å². The van der Waals surface area contributed by atoms with Gasteiger partial charge in [-0.2, -0.15) is 0 Å². The van der Waals surface area contributed by atoms with Crippen LogP contribution in [-0.4, -0.2) is 0 Å². The van der Waals surface area contributed by atoms with E-state index in [0.717, 1.165) is 27.0 Å². The highest BCUT2D eigenvalue weighted by Crippen LogP contribution is 2.29. The first-order chi connectivity index (χ1) is 8.08. The monoisotopic (exact) mass is 311 g/mol. The van der Waals surface area contributed by atoms with E-state index in [1.807, 2.05) is 37.4 Å². The average Bonchev–Trinajstić information content (AvgIpc) is 2.62. The summed E-state index contributed by atoms with van der Waals surface area (Å²) >= 11 is 5.19. The second-order valence-corrected chi connectivity index (χ2v) is 5.82. The average molecular weight is 312 g/mol. The summed E-state index contributed by atoms with van der Waals surface area (Å²) in [6, 6.07) is 5.91. The first-order valence-corrected chi connectivity index (χ1v) is 6.96. The summed E-state index contributed by atoms with van der Waals surface area (Å²) in [6.07, 6.45) is 0. The van der Waals surface area contributed by atoms with Gasteiger partial charge in [0.05, 0.1) is 4.88 Å². The van der Waals surface area contributed by atoms with Crippen molar-refractivity contribution in [3.05, 3.63) is 44.1 Å². The van der Waals surface area contributed by atoms with Crippen molar-refractivity contribution in [1.82, 2.24) is 0 Å². The number of nitrogens with two attached hydrogens (primary N) is 1. The number of nitrogen functional groups attached to an aromatic ring is 1. The van der Waals surface area contributed by atoms with Crippen molar-refractivity contribution in [3.8, 4) is 5.75 Å². The summed E-state index contributed by atoms with van der Waals surface area (Å²) in [5, 5.41) is 2.05. The van der Waals surface area contributed by atoms with Crippen LogP contribution in [0.15, 0.2) is 28.1 Å². The second kappa shape index (κ2) is 5.10. The molecule has 0 bridgehead atoms. The Hall–Kier alpha value is -1.00. The molecule has 0 atom stereocenters. The molecule has 90 valence electrons. The molecule has 0 saturated heterocycles. The normalized spacial score (nSPS) is 10.5. The minimum absolute atomic E-state index is 0.587. The van der Waals surface area contributed by atoms with Crippen LogP contribution < -0.4 is 10.5 Å². The number of thiophene rings is 1. The lowest BCUT2D eigenvalue weighted by atomic mass is 10.1. The van der Waals surface area contributed by atoms with E-state index in [1.54, 1.807) is 11.3 Å². The highest BCUT2D eigenvalue weighted by Gasteiger charge is 2.07. The first-order valence-electron chi connectivity index (χ1n) is 5.29. The third-order valence-electron chi connectivity index (χ3n) is 2.52. The maximum atomic E-state index is 5.87. The number of halogens is 1. The zero-order valence-electron chi connectivity index (χ0n) is 9.79. The molecule has 0 aliphatic carbocycles. The lowest BCUT2D eigenvalue weighted by molar-refractivity contribution is 0.305. The molecule has 0 radical (unpaired) electrons. The van der Waals surface area contributed by atoms with E-state index in [-0.39, 0.29) is 0 Å². The lowest BCUT2D eigenvalue weighted by Crippen LogP contribution is -1.99. The summed E-state index contributed by atoms with van der Waals surface area (Å²) in [5.74, 6) is 0.930. The minimum atomic E-state index is 0.587. The topological polar surface area (TPSA) is 35.2 Å². The van der Waals surface area contributed by atoms with Crippen LogP contribution in [0, 0.1) is 13.8 Å². The fourth-order valence-corrected chi connectivity index (χ4v) is 3.16. The van der Waals surface area contributed by atoms with Gasteiger partial charge < -0.3 is 10.5 Å². The summed E-state index contributed by atoms with van der Waals surface area (Å²) in [6.45, 7) is 4.62. The van der Waals surface area contributed by atoms with Crippen LogP contribution in [0.4, 0.5) is 5.69 Å². The zero-order chi connectivity index (χ0) is 12.4. The Balaban J connectivity index is 2.17. The van der Waals surface area contributed by atoms with Gasteiger partial charge in [0, 0.05) is 10.2 Å². The Morgan fingerprint density at radius 1 is 1.29 bits per heavy atom. The quantitative estimate of drug-likeness (QED) is 0.858. The van der Waals surface area contributed by atoms with Gasteiger partial charge in [-0.1, -0.05) is 0 Å². The molecule has 0 saturated carbocycles. The number of ether oxygens (including phenoxy) is 1. The lowest BCUT2D eigenvalue weighted by Gasteiger charge is -2.12. The van der Waals surface area contributed by atoms with E-state index < -0.39 is 0 Å². The van der Waals surface area contributed by atoms with E-state index in [9.17, 15) is 0 Å². The molecule has 2 aromatic rings. The predicted octanol–water partition coefficient (Wildman–Crippen LogP) is 4.29. The van der Waals surface area contributed by atoms with Crippen LogP contribution in [0.3, 0.4) is 0 Å². The molecule has 2 N–H and O–H groups in total. The van der Waals surface area contributed by atoms with Gasteiger partial charge in [-0.25, -0.2) is 0 Å². The van der Waals surface area contributed by atoms with Gasteiger partial charge in [-0.05, 0) is 64.5 Å². The van der Waals surface area contributed by atoms with Crippen molar-refractivity contribution in [1.29, 1.82) is 0 Å². The number of benzene rings is 1. The molecule has 0 amide bonds. The Morgan fingerprint density at radius 2 is 1.94 bits per heavy atom. The summed E-state index contributed by atoms with van der Waals surface area (Å²) in [5.41, 5.74) is 8.72. The molecule has 1 heterocycles. The van der Waals surface area contributed by atoms with Gasteiger partial charge in [0.1, 0.15) is 12.4 Å². The molecule has 0 aliphatic rings. The molecule has 1 aromatic heterocycles. The highest BCUT2D eigenvalue weighted by atomic mass is 79.9. The van der Waals surface area contributed by atoms with Gasteiger partial charge in [-0.15, -0.1) is 11.3 Å². The molecule has 0 aliphatic heterocycles. The van der Waals surface area contributed by atoms with Crippen LogP contribution in [0.1, 0.15) is 16.0 Å². The number of rotatable bonds is 3. The van der Waals surface area contributed by atoms with Crippen molar-refractivity contribution in [2.75, 3.05) is 5.73 Å². The fourth-order valence-electron chi connectivity index (χ4n) is 1.78. The minimum Gasteiger partial charge on any atom is -0.487 e. The molecule has 17 heavy (non-hydrogen) atoms. The molecule has 2 rings (SSSR count). The summed E-state index contributed by atoms with van der Waals surface area (Å²) < 4.78 is 6.98. The smallest absolute Gasteiger partial charge is 0.125 e. The third kappa shape index (κ3) is 2.82. The maximum Gasteiger partial charge on any atom is 0.125 e. The van der Waals surface area contributed by atoms with Crippen LogP contribution in [-0.2, 0) is 6.61 Å². The predicted molar refractivity (Wildman–Crippen MR) is 76.7 cm³/mol. The van der Waals surface area contributed by atoms with Crippen LogP contribution in [0.25, 0.3) is 0 Å². The van der Waals surface area contributed by atoms with E-state index >= 15 is 0 Å². The van der Waals surface area contributed by atoms with Crippen LogP contribution >= 0.6 is 27.3 Å². The Labute approximate surface area is 114 Å². The SMILES string of the molecule is Cc1cc(N)cc(C)c1OCc1sccc1Br. The molecule has 0 spiro atoms. The van der Waals surface area contributed by atoms with Crippen LogP contribution in [0.2, 0.25) is 0 Å². The van der Waals surface area contributed by atoms with Gasteiger partial charge >= 0.3 is 0 Å². The first kappa shape index (κ1) is 12.5. The van der Waals surface area contributed by atoms with E-state index in [2.05, 4.69) is 15.9 Å². The van der Waals surface area contributed by atoms with Crippen molar-refractivity contribution >= 4 is 33.0 Å². The third-order valence-corrected chi connectivity index (χ3v) is 4.42. The van der Waals surface area contributed by atoms with Crippen LogP contribution in [0.5, 0.6) is 5.75 Å². The van der Waals surface area contributed by atoms with E-state index in [0.29, 0.717) is 6.61 Å². The van der Waals surface area contributed by atoms with Gasteiger partial charge in [0.2, 0.25) is 0 Å². The Bertz CT molecular complexity index is 513. The summed E-state index contributed by atoms with van der Waals surface area (Å²) in [4.78, 5) is 1.20. The van der Waals surface area contributed by atoms with Gasteiger partial charge in [-0.3, -0.25) is 0 Å². The molecule has 2 nitrogen and oxygen atoms in total. The van der Waals surface area contributed by atoms with E-state index in [4.69, 9.17) is 10.5 Å². The molecular formula is C13H14BrNOS. The molecule has 0 fully saturated rings. The zero-order valence-corrected chi connectivity index (χ0v) is 12.2. The molecule has 0 unspecified atom stereocenters. The largest absolute Gasteiger partial charge is 0.487 e. The van der Waals surface area contributed by atoms with Crippen molar-refractivity contribution in [3.63, 3.8) is 0 Å². The highest BCUT2D eigenvalue weighted by molar-refractivity contribution is 9.10. The standard InChI is InChI=1S/C13H14BrNOS/c1-8-5-10(15)6-9(2)13(8)16-7-12-11(14)3-4-17-12/h3-6H,7,15H2,1-2H3. The molecule has 4 heteroatoms. The number of aryl methyl sites for hydroxylation is 2. The second-order valence-electron chi connectivity index (χ2n) is 3.96. The maximum absolute atomic E-state index is 5.87. The Kier molecular flexibility index (Phi) is 3.74. The number of hydrogen-bond acceptors (Lipinski definition) is 3. The number of anilines is 1. The van der Waals surface area contributed by atoms with Crippen molar-refractivity contribution in [2.45, 2.75) is 20.5 Å². The summed E-state index contributed by atoms with van der Waals surface area (Å²) in [7, 11) is 0. The van der Waals surface area contributed by atoms with E-state index in [1.165, 1.54) is 4.88 Å². The van der Waals surface area contributed by atoms with Gasteiger partial charge in [0.25, 0.3) is 0 Å². The number of hydrogen-bond donors (Lipinski definition) is 1. The fraction of sp³-hybridized carbons (Fsp3) is 0.231. The Morgan fingerprint density at radius 3 is 2.47 bits per heavy atom. The molecular weight excluding hydrogens is 298 g/mol.